The van der Waals surface area contributed by atoms with E-state index in [9.17, 15) is 8.42 Å². The highest BCUT2D eigenvalue weighted by molar-refractivity contribution is 7.89. The van der Waals surface area contributed by atoms with Crippen LogP contribution < -0.4 is 10.5 Å². The van der Waals surface area contributed by atoms with E-state index in [1.165, 1.54) is 0 Å². The summed E-state index contributed by atoms with van der Waals surface area (Å²) < 4.78 is 28.1. The first-order chi connectivity index (χ1) is 9.83. The van der Waals surface area contributed by atoms with Crippen molar-refractivity contribution in [3.8, 4) is 0 Å². The maximum absolute atomic E-state index is 12.6. The summed E-state index contributed by atoms with van der Waals surface area (Å²) in [6.07, 6.45) is 1.70. The Morgan fingerprint density at radius 3 is 2.43 bits per heavy atom. The fraction of sp³-hybridized carbons (Fsp3) is 0.600. The molecular weight excluding hydrogens is 286 g/mol. The van der Waals surface area contributed by atoms with Gasteiger partial charge >= 0.3 is 0 Å². The van der Waals surface area contributed by atoms with Gasteiger partial charge in [-0.15, -0.1) is 0 Å². The molecular formula is C15H25N3O2S. The molecule has 3 N–H and O–H groups in total. The summed E-state index contributed by atoms with van der Waals surface area (Å²) in [5, 5.41) is 0. The van der Waals surface area contributed by atoms with Gasteiger partial charge in [0.25, 0.3) is 0 Å². The molecule has 0 aliphatic carbocycles. The molecule has 1 aliphatic heterocycles. The number of likely N-dealkylation sites (tertiary alicyclic amines) is 1. The number of nitrogens with two attached hydrogens (primary N) is 1. The fourth-order valence-corrected chi connectivity index (χ4v) is 4.37. The van der Waals surface area contributed by atoms with Crippen LogP contribution in [0.1, 0.15) is 29.5 Å². The number of aryl methyl sites for hydroxylation is 2. The lowest BCUT2D eigenvalue weighted by molar-refractivity contribution is 0.248. The Labute approximate surface area is 127 Å². The zero-order valence-corrected chi connectivity index (χ0v) is 13.8. The summed E-state index contributed by atoms with van der Waals surface area (Å²) >= 11 is 0. The van der Waals surface area contributed by atoms with E-state index < -0.39 is 10.0 Å². The molecule has 0 unspecified atom stereocenters. The van der Waals surface area contributed by atoms with Crippen LogP contribution in [0.4, 0.5) is 0 Å². The second kappa shape index (κ2) is 6.44. The molecule has 0 amide bonds. The summed E-state index contributed by atoms with van der Waals surface area (Å²) in [4.78, 5) is 2.57. The number of benzene rings is 1. The predicted molar refractivity (Wildman–Crippen MR) is 84.6 cm³/mol. The van der Waals surface area contributed by atoms with Crippen LogP contribution in [-0.4, -0.2) is 39.5 Å². The van der Waals surface area contributed by atoms with Crippen molar-refractivity contribution in [2.24, 2.45) is 5.73 Å². The molecule has 0 spiro atoms. The second-order valence-corrected chi connectivity index (χ2v) is 7.63. The summed E-state index contributed by atoms with van der Waals surface area (Å²) in [6, 6.07) is 3.63. The quantitative estimate of drug-likeness (QED) is 0.874. The van der Waals surface area contributed by atoms with E-state index in [0.717, 1.165) is 42.6 Å². The second-order valence-electron chi connectivity index (χ2n) is 5.95. The van der Waals surface area contributed by atoms with Gasteiger partial charge in [-0.1, -0.05) is 6.07 Å². The van der Waals surface area contributed by atoms with Crippen molar-refractivity contribution >= 4 is 10.0 Å². The van der Waals surface area contributed by atoms with E-state index in [1.54, 1.807) is 6.07 Å². The van der Waals surface area contributed by atoms with Crippen molar-refractivity contribution < 1.29 is 8.42 Å². The molecule has 1 fully saturated rings. The van der Waals surface area contributed by atoms with Gasteiger partial charge < -0.3 is 10.6 Å². The number of piperidine rings is 1. The van der Waals surface area contributed by atoms with Gasteiger partial charge in [-0.3, -0.25) is 0 Å². The number of sulfonamides is 1. The average molecular weight is 311 g/mol. The maximum Gasteiger partial charge on any atom is 0.241 e. The van der Waals surface area contributed by atoms with E-state index in [-0.39, 0.29) is 6.04 Å². The Kier molecular flexibility index (Phi) is 5.03. The molecule has 1 heterocycles. The Morgan fingerprint density at radius 1 is 1.24 bits per heavy atom. The van der Waals surface area contributed by atoms with Crippen LogP contribution in [0.5, 0.6) is 0 Å². The summed E-state index contributed by atoms with van der Waals surface area (Å²) in [7, 11) is -1.42. The third kappa shape index (κ3) is 3.83. The predicted octanol–water partition coefficient (Wildman–Crippen LogP) is 1.13. The topological polar surface area (TPSA) is 75.4 Å². The van der Waals surface area contributed by atoms with Crippen LogP contribution in [0.2, 0.25) is 0 Å². The van der Waals surface area contributed by atoms with Crippen molar-refractivity contribution in [1.29, 1.82) is 0 Å². The summed E-state index contributed by atoms with van der Waals surface area (Å²) in [5.74, 6) is 0. The molecule has 1 aromatic rings. The van der Waals surface area contributed by atoms with Gasteiger partial charge in [-0.2, -0.15) is 0 Å². The largest absolute Gasteiger partial charge is 0.326 e. The maximum atomic E-state index is 12.6. The monoisotopic (exact) mass is 311 g/mol. The Balaban J connectivity index is 2.23. The Bertz CT molecular complexity index is 606. The van der Waals surface area contributed by atoms with Crippen molar-refractivity contribution in [3.63, 3.8) is 0 Å². The van der Waals surface area contributed by atoms with Crippen LogP contribution in [-0.2, 0) is 16.6 Å². The fourth-order valence-electron chi connectivity index (χ4n) is 2.79. The van der Waals surface area contributed by atoms with E-state index in [0.29, 0.717) is 11.4 Å². The van der Waals surface area contributed by atoms with Gasteiger partial charge in [0.1, 0.15) is 0 Å². The first kappa shape index (κ1) is 16.4. The van der Waals surface area contributed by atoms with Gasteiger partial charge in [0.2, 0.25) is 10.0 Å². The van der Waals surface area contributed by atoms with Crippen molar-refractivity contribution in [2.75, 3.05) is 20.1 Å². The highest BCUT2D eigenvalue weighted by Crippen LogP contribution is 2.21. The van der Waals surface area contributed by atoms with Gasteiger partial charge in [0, 0.05) is 12.6 Å². The van der Waals surface area contributed by atoms with Crippen LogP contribution in [0.15, 0.2) is 17.0 Å². The van der Waals surface area contributed by atoms with Gasteiger partial charge in [0.05, 0.1) is 4.90 Å². The highest BCUT2D eigenvalue weighted by atomic mass is 32.2. The molecule has 0 radical (unpaired) electrons. The molecule has 0 saturated carbocycles. The molecule has 6 heteroatoms. The Hall–Kier alpha value is -0.950. The van der Waals surface area contributed by atoms with Crippen LogP contribution >= 0.6 is 0 Å². The molecule has 118 valence electrons. The molecule has 1 aromatic carbocycles. The smallest absolute Gasteiger partial charge is 0.241 e. The molecule has 1 aliphatic rings. The van der Waals surface area contributed by atoms with Gasteiger partial charge in [0.15, 0.2) is 0 Å². The zero-order chi connectivity index (χ0) is 15.6. The third-order valence-corrected chi connectivity index (χ3v) is 5.85. The van der Waals surface area contributed by atoms with E-state index in [2.05, 4.69) is 16.7 Å². The molecule has 21 heavy (non-hydrogen) atoms. The number of hydrogen-bond acceptors (Lipinski definition) is 4. The van der Waals surface area contributed by atoms with Crippen LogP contribution in [0.3, 0.4) is 0 Å². The molecule has 2 rings (SSSR count). The lowest BCUT2D eigenvalue weighted by Crippen LogP contribution is -2.43. The molecule has 1 saturated heterocycles. The third-order valence-electron chi connectivity index (χ3n) is 4.18. The van der Waals surface area contributed by atoms with Crippen LogP contribution in [0.25, 0.3) is 0 Å². The normalized spacial score (nSPS) is 18.1. The van der Waals surface area contributed by atoms with E-state index >= 15 is 0 Å². The molecule has 0 atom stereocenters. The highest BCUT2D eigenvalue weighted by Gasteiger charge is 2.25. The minimum absolute atomic E-state index is 0.0215. The SMILES string of the molecule is Cc1cc(C)c(S(=O)(=O)NC2CCN(C)CC2)cc1CN. The summed E-state index contributed by atoms with van der Waals surface area (Å²) in [5.41, 5.74) is 8.37. The van der Waals surface area contributed by atoms with Crippen molar-refractivity contribution in [1.82, 2.24) is 9.62 Å². The van der Waals surface area contributed by atoms with Crippen LogP contribution in [0, 0.1) is 13.8 Å². The molecule has 0 bridgehead atoms. The minimum atomic E-state index is -3.48. The lowest BCUT2D eigenvalue weighted by Gasteiger charge is -2.29. The van der Waals surface area contributed by atoms with E-state index in [4.69, 9.17) is 5.73 Å². The molecule has 5 nitrogen and oxygen atoms in total. The molecule has 0 aromatic heterocycles. The first-order valence-electron chi connectivity index (χ1n) is 7.34. The Morgan fingerprint density at radius 2 is 1.86 bits per heavy atom. The van der Waals surface area contributed by atoms with Crippen molar-refractivity contribution in [2.45, 2.75) is 44.2 Å². The lowest BCUT2D eigenvalue weighted by atomic mass is 10.1. The van der Waals surface area contributed by atoms with Crippen molar-refractivity contribution in [3.05, 3.63) is 28.8 Å². The van der Waals surface area contributed by atoms with Gasteiger partial charge in [-0.05, 0) is 69.6 Å². The van der Waals surface area contributed by atoms with E-state index in [1.807, 2.05) is 19.9 Å². The van der Waals surface area contributed by atoms with Gasteiger partial charge in [-0.25, -0.2) is 13.1 Å². The first-order valence-corrected chi connectivity index (χ1v) is 8.83. The standard InChI is InChI=1S/C15H25N3O2S/c1-11-8-12(2)15(9-13(11)10-16)21(19,20)17-14-4-6-18(3)7-5-14/h8-9,14,17H,4-7,10,16H2,1-3H3. The minimum Gasteiger partial charge on any atom is -0.326 e. The number of nitrogens with one attached hydrogen (secondary N) is 1. The summed E-state index contributed by atoms with van der Waals surface area (Å²) in [6.45, 7) is 5.98. The average Bonchev–Trinajstić information content (AvgIpc) is 2.41. The number of hydrogen-bond donors (Lipinski definition) is 2. The zero-order valence-electron chi connectivity index (χ0n) is 13.0. The number of rotatable bonds is 4. The number of nitrogens with zero attached hydrogens (tertiary/aromatic N) is 1.